The van der Waals surface area contributed by atoms with Crippen LogP contribution in [0.15, 0.2) is 0 Å². The van der Waals surface area contributed by atoms with Gasteiger partial charge < -0.3 is 10.6 Å². The smallest absolute Gasteiger partial charge is 0.265 e. The van der Waals surface area contributed by atoms with Crippen molar-refractivity contribution in [2.45, 2.75) is 45.1 Å². The molecule has 1 aromatic rings. The van der Waals surface area contributed by atoms with E-state index in [-0.39, 0.29) is 17.4 Å². The van der Waals surface area contributed by atoms with Crippen molar-refractivity contribution in [2.24, 2.45) is 0 Å². The van der Waals surface area contributed by atoms with Gasteiger partial charge in [0.25, 0.3) is 5.91 Å². The summed E-state index contributed by atoms with van der Waals surface area (Å²) in [4.78, 5) is 12.9. The number of nitrogens with one attached hydrogen (secondary N) is 2. The number of amides is 1. The van der Waals surface area contributed by atoms with Crippen molar-refractivity contribution >= 4 is 17.4 Å². The zero-order valence-corrected chi connectivity index (χ0v) is 11.9. The Morgan fingerprint density at radius 1 is 1.50 bits per heavy atom. The van der Waals surface area contributed by atoms with Crippen LogP contribution in [0.4, 0.5) is 0 Å². The molecular formula is C12H20N4OS. The Bertz CT molecular complexity index is 418. The van der Waals surface area contributed by atoms with Gasteiger partial charge in [0, 0.05) is 18.0 Å². The number of rotatable bonds is 2. The average molecular weight is 268 g/mol. The van der Waals surface area contributed by atoms with E-state index < -0.39 is 0 Å². The number of aromatic nitrogens is 2. The minimum Gasteiger partial charge on any atom is -0.347 e. The molecule has 2 rings (SSSR count). The lowest BCUT2D eigenvalue weighted by atomic mass is 9.91. The Labute approximate surface area is 112 Å². The molecule has 5 nitrogen and oxygen atoms in total. The molecule has 1 saturated heterocycles. The third-order valence-electron chi connectivity index (χ3n) is 3.04. The van der Waals surface area contributed by atoms with Crippen LogP contribution in [0.5, 0.6) is 0 Å². The molecule has 0 spiro atoms. The van der Waals surface area contributed by atoms with Crippen molar-refractivity contribution < 1.29 is 4.79 Å². The lowest BCUT2D eigenvalue weighted by molar-refractivity contribution is 0.0932. The zero-order chi connectivity index (χ0) is 13.2. The summed E-state index contributed by atoms with van der Waals surface area (Å²) < 4.78 is 3.92. The van der Waals surface area contributed by atoms with Crippen LogP contribution in [0.1, 0.15) is 49.0 Å². The summed E-state index contributed by atoms with van der Waals surface area (Å²) in [6.45, 7) is 8.03. The van der Waals surface area contributed by atoms with Crippen LogP contribution in [0, 0.1) is 0 Å². The molecule has 0 aromatic carbocycles. The average Bonchev–Trinajstić information content (AvgIpc) is 2.79. The van der Waals surface area contributed by atoms with Gasteiger partial charge in [-0.05, 0) is 30.9 Å². The third kappa shape index (κ3) is 3.05. The minimum absolute atomic E-state index is 0.0383. The molecule has 2 N–H and O–H groups in total. The molecule has 0 radical (unpaired) electrons. The van der Waals surface area contributed by atoms with E-state index in [4.69, 9.17) is 0 Å². The van der Waals surface area contributed by atoms with E-state index in [2.05, 4.69) is 20.2 Å². The van der Waals surface area contributed by atoms with Crippen molar-refractivity contribution in [2.75, 3.05) is 13.1 Å². The van der Waals surface area contributed by atoms with Crippen LogP contribution in [0.2, 0.25) is 0 Å². The van der Waals surface area contributed by atoms with E-state index in [9.17, 15) is 4.79 Å². The molecule has 1 aliphatic rings. The monoisotopic (exact) mass is 268 g/mol. The molecule has 1 aromatic heterocycles. The molecular weight excluding hydrogens is 248 g/mol. The van der Waals surface area contributed by atoms with Crippen LogP contribution >= 0.6 is 11.5 Å². The first kappa shape index (κ1) is 13.4. The van der Waals surface area contributed by atoms with Crippen molar-refractivity contribution in [3.63, 3.8) is 0 Å². The predicted octanol–water partition coefficient (Wildman–Crippen LogP) is 1.32. The van der Waals surface area contributed by atoms with Gasteiger partial charge in [0.05, 0.1) is 5.69 Å². The van der Waals surface area contributed by atoms with Gasteiger partial charge in [-0.3, -0.25) is 4.79 Å². The normalized spacial score (nSPS) is 20.7. The number of hydrogen-bond donors (Lipinski definition) is 2. The highest BCUT2D eigenvalue weighted by Crippen LogP contribution is 2.25. The molecule has 1 amide bonds. The summed E-state index contributed by atoms with van der Waals surface area (Å²) in [5.74, 6) is -0.0383. The summed E-state index contributed by atoms with van der Waals surface area (Å²) in [7, 11) is 0. The molecule has 0 bridgehead atoms. The van der Waals surface area contributed by atoms with Crippen molar-refractivity contribution in [1.82, 2.24) is 20.2 Å². The minimum atomic E-state index is -0.148. The Morgan fingerprint density at radius 3 is 2.89 bits per heavy atom. The topological polar surface area (TPSA) is 66.9 Å². The Hall–Kier alpha value is -1.01. The van der Waals surface area contributed by atoms with Gasteiger partial charge in [-0.25, -0.2) is 0 Å². The second-order valence-corrected chi connectivity index (χ2v) is 6.47. The van der Waals surface area contributed by atoms with Gasteiger partial charge in [-0.1, -0.05) is 25.3 Å². The highest BCUT2D eigenvalue weighted by atomic mass is 32.1. The largest absolute Gasteiger partial charge is 0.347 e. The van der Waals surface area contributed by atoms with E-state index in [0.29, 0.717) is 4.88 Å². The van der Waals surface area contributed by atoms with E-state index >= 15 is 0 Å². The molecule has 1 aliphatic heterocycles. The van der Waals surface area contributed by atoms with E-state index in [0.717, 1.165) is 31.6 Å². The highest BCUT2D eigenvalue weighted by molar-refractivity contribution is 7.08. The summed E-state index contributed by atoms with van der Waals surface area (Å²) in [5.41, 5.74) is 0.638. The first-order valence-electron chi connectivity index (χ1n) is 6.33. The van der Waals surface area contributed by atoms with Gasteiger partial charge >= 0.3 is 0 Å². The van der Waals surface area contributed by atoms with Crippen LogP contribution in [0.3, 0.4) is 0 Å². The number of nitrogens with zero attached hydrogens (tertiary/aromatic N) is 2. The Kier molecular flexibility index (Phi) is 3.97. The first-order valence-corrected chi connectivity index (χ1v) is 7.10. The van der Waals surface area contributed by atoms with Crippen molar-refractivity contribution in [3.05, 3.63) is 10.6 Å². The molecule has 1 unspecified atom stereocenters. The molecule has 1 atom stereocenters. The maximum atomic E-state index is 12.2. The number of piperidine rings is 1. The van der Waals surface area contributed by atoms with Crippen molar-refractivity contribution in [3.8, 4) is 0 Å². The Morgan fingerprint density at radius 2 is 2.28 bits per heavy atom. The predicted molar refractivity (Wildman–Crippen MR) is 72.0 cm³/mol. The number of carbonyl (C=O) groups is 1. The van der Waals surface area contributed by atoms with Gasteiger partial charge in [-0.15, -0.1) is 5.10 Å². The molecule has 18 heavy (non-hydrogen) atoms. The van der Waals surface area contributed by atoms with E-state index in [1.807, 2.05) is 20.8 Å². The molecule has 100 valence electrons. The van der Waals surface area contributed by atoms with Crippen LogP contribution in [-0.4, -0.2) is 34.6 Å². The summed E-state index contributed by atoms with van der Waals surface area (Å²) in [6, 6.07) is 0.223. The maximum absolute atomic E-state index is 12.2. The zero-order valence-electron chi connectivity index (χ0n) is 11.1. The van der Waals surface area contributed by atoms with Gasteiger partial charge in [0.2, 0.25) is 0 Å². The van der Waals surface area contributed by atoms with Gasteiger partial charge in [0.1, 0.15) is 4.88 Å². The highest BCUT2D eigenvalue weighted by Gasteiger charge is 2.27. The number of carbonyl (C=O) groups excluding carboxylic acids is 1. The SMILES string of the molecule is CC(C)(C)c1nnsc1C(=O)NC1CCCNC1. The summed E-state index contributed by atoms with van der Waals surface area (Å²) in [5, 5.41) is 10.4. The molecule has 6 heteroatoms. The lowest BCUT2D eigenvalue weighted by Crippen LogP contribution is -2.45. The molecule has 0 aliphatic carbocycles. The fourth-order valence-electron chi connectivity index (χ4n) is 2.06. The maximum Gasteiger partial charge on any atom is 0.265 e. The van der Waals surface area contributed by atoms with Crippen LogP contribution in [-0.2, 0) is 5.41 Å². The fourth-order valence-corrected chi connectivity index (χ4v) is 2.84. The van der Waals surface area contributed by atoms with E-state index in [1.165, 1.54) is 11.5 Å². The Balaban J connectivity index is 2.07. The standard InChI is InChI=1S/C12H20N4OS/c1-12(2,3)10-9(18-16-15-10)11(17)14-8-5-4-6-13-7-8/h8,13H,4-7H2,1-3H3,(H,14,17). The van der Waals surface area contributed by atoms with Crippen molar-refractivity contribution in [1.29, 1.82) is 0 Å². The summed E-state index contributed by atoms with van der Waals surface area (Å²) in [6.07, 6.45) is 2.15. The van der Waals surface area contributed by atoms with Crippen LogP contribution < -0.4 is 10.6 Å². The summed E-state index contributed by atoms with van der Waals surface area (Å²) >= 11 is 1.18. The number of hydrogen-bond acceptors (Lipinski definition) is 5. The fraction of sp³-hybridized carbons (Fsp3) is 0.750. The molecule has 1 fully saturated rings. The van der Waals surface area contributed by atoms with E-state index in [1.54, 1.807) is 0 Å². The van der Waals surface area contributed by atoms with Gasteiger partial charge in [-0.2, -0.15) is 0 Å². The van der Waals surface area contributed by atoms with Gasteiger partial charge in [0.15, 0.2) is 0 Å². The second-order valence-electron chi connectivity index (χ2n) is 5.72. The quantitative estimate of drug-likeness (QED) is 0.849. The molecule has 0 saturated carbocycles. The molecule has 2 heterocycles. The second kappa shape index (κ2) is 5.32. The lowest BCUT2D eigenvalue weighted by Gasteiger charge is -2.24. The first-order chi connectivity index (χ1) is 8.48. The van der Waals surface area contributed by atoms with Crippen LogP contribution in [0.25, 0.3) is 0 Å². The third-order valence-corrected chi connectivity index (χ3v) is 3.76.